The van der Waals surface area contributed by atoms with Gasteiger partial charge in [-0.3, -0.25) is 0 Å². The van der Waals surface area contributed by atoms with Gasteiger partial charge in [0.15, 0.2) is 5.65 Å². The van der Waals surface area contributed by atoms with E-state index in [2.05, 4.69) is 15.0 Å². The number of rotatable bonds is 9. The number of alkyl halides is 2. The number of halogens is 2. The van der Waals surface area contributed by atoms with Crippen LogP contribution in [0.2, 0.25) is 0 Å². The second-order valence-electron chi connectivity index (χ2n) is 10.3. The Balaban J connectivity index is 1.71. The molecular weight excluding hydrogens is 578 g/mol. The summed E-state index contributed by atoms with van der Waals surface area (Å²) in [6, 6.07) is 14.6. The van der Waals surface area contributed by atoms with Crippen molar-refractivity contribution in [2.45, 2.75) is 43.0 Å². The first kappa shape index (κ1) is 30.1. The summed E-state index contributed by atoms with van der Waals surface area (Å²) >= 11 is 0. The standard InChI is InChI=1S/C27H28F2N4O6S2/c1-27(2,3)23(32-26(34)35)16-31-40(36,37)18-11-9-17(10-12-18)20-13-14-30-25-21(20)15-22(24(28)29)33(25)41(38,39)19-7-5-4-6-8-19/h4-15,23-24,31-32H,16H2,1-3H3,(H,34,35). The fraction of sp³-hybridized carbons (Fsp3) is 0.259. The molecule has 2 aromatic carbocycles. The van der Waals surface area contributed by atoms with Crippen LogP contribution < -0.4 is 10.0 Å². The molecule has 0 aliphatic carbocycles. The summed E-state index contributed by atoms with van der Waals surface area (Å²) in [6.45, 7) is 5.11. The third-order valence-corrected chi connectivity index (χ3v) is 9.66. The number of fused-ring (bicyclic) bond motifs is 1. The maximum absolute atomic E-state index is 14.1. The highest BCUT2D eigenvalue weighted by atomic mass is 32.2. The zero-order valence-corrected chi connectivity index (χ0v) is 23.9. The Morgan fingerprint density at radius 3 is 2.17 bits per heavy atom. The molecule has 0 bridgehead atoms. The van der Waals surface area contributed by atoms with E-state index in [0.717, 1.165) is 6.07 Å². The van der Waals surface area contributed by atoms with Crippen LogP contribution in [0.1, 0.15) is 32.9 Å². The topological polar surface area (TPSA) is 147 Å². The molecule has 2 heterocycles. The van der Waals surface area contributed by atoms with E-state index in [4.69, 9.17) is 5.11 Å². The van der Waals surface area contributed by atoms with Crippen LogP contribution in [-0.4, -0.2) is 49.6 Å². The Morgan fingerprint density at radius 2 is 1.61 bits per heavy atom. The molecular formula is C27H28F2N4O6S2. The second-order valence-corrected chi connectivity index (χ2v) is 13.8. The molecule has 1 unspecified atom stereocenters. The van der Waals surface area contributed by atoms with Crippen LogP contribution >= 0.6 is 0 Å². The summed E-state index contributed by atoms with van der Waals surface area (Å²) < 4.78 is 83.7. The molecule has 4 rings (SSSR count). The van der Waals surface area contributed by atoms with Crippen LogP contribution in [0.4, 0.5) is 13.6 Å². The highest BCUT2D eigenvalue weighted by molar-refractivity contribution is 7.90. The quantitative estimate of drug-likeness (QED) is 0.247. The van der Waals surface area contributed by atoms with E-state index in [1.165, 1.54) is 60.8 Å². The maximum Gasteiger partial charge on any atom is 0.404 e. The van der Waals surface area contributed by atoms with Crippen LogP contribution in [0.15, 0.2) is 82.7 Å². The molecule has 0 radical (unpaired) electrons. The Hall–Kier alpha value is -3.88. The number of amides is 1. The largest absolute Gasteiger partial charge is 0.465 e. The number of sulfonamides is 1. The van der Waals surface area contributed by atoms with Crippen molar-refractivity contribution in [3.05, 3.63) is 78.6 Å². The maximum atomic E-state index is 14.1. The van der Waals surface area contributed by atoms with Gasteiger partial charge in [0, 0.05) is 18.1 Å². The normalized spacial score (nSPS) is 13.4. The number of carboxylic acid groups (broad SMARTS) is 1. The highest BCUT2D eigenvalue weighted by Crippen LogP contribution is 2.36. The minimum Gasteiger partial charge on any atom is -0.465 e. The van der Waals surface area contributed by atoms with Gasteiger partial charge in [-0.05, 0) is 52.9 Å². The van der Waals surface area contributed by atoms with Crippen LogP contribution in [0, 0.1) is 5.41 Å². The molecule has 0 aliphatic heterocycles. The third kappa shape index (κ3) is 6.24. The van der Waals surface area contributed by atoms with Gasteiger partial charge in [0.1, 0.15) is 5.69 Å². The lowest BCUT2D eigenvalue weighted by molar-refractivity contribution is 0.145. The first-order chi connectivity index (χ1) is 19.1. The molecule has 4 aromatic rings. The average molecular weight is 607 g/mol. The first-order valence-corrected chi connectivity index (χ1v) is 15.2. The predicted molar refractivity (Wildman–Crippen MR) is 149 cm³/mol. The summed E-state index contributed by atoms with van der Waals surface area (Å²) in [5.74, 6) is 0. The van der Waals surface area contributed by atoms with Gasteiger partial charge in [-0.2, -0.15) is 0 Å². The number of carbonyl (C=O) groups is 1. The van der Waals surface area contributed by atoms with Gasteiger partial charge < -0.3 is 10.4 Å². The molecule has 2 aromatic heterocycles. The van der Waals surface area contributed by atoms with Crippen molar-refractivity contribution in [2.75, 3.05) is 6.54 Å². The average Bonchev–Trinajstić information content (AvgIpc) is 3.32. The lowest BCUT2D eigenvalue weighted by Crippen LogP contribution is -2.50. The lowest BCUT2D eigenvalue weighted by atomic mass is 9.87. The van der Waals surface area contributed by atoms with Crippen molar-refractivity contribution in [2.24, 2.45) is 5.41 Å². The van der Waals surface area contributed by atoms with Gasteiger partial charge in [0.25, 0.3) is 16.4 Å². The van der Waals surface area contributed by atoms with E-state index >= 15 is 0 Å². The van der Waals surface area contributed by atoms with Crippen molar-refractivity contribution in [1.82, 2.24) is 19.0 Å². The Labute approximate surface area is 236 Å². The highest BCUT2D eigenvalue weighted by Gasteiger charge is 2.30. The Kier molecular flexibility index (Phi) is 8.21. The predicted octanol–water partition coefficient (Wildman–Crippen LogP) is 4.84. The summed E-state index contributed by atoms with van der Waals surface area (Å²) in [5.41, 5.74) is -0.713. The van der Waals surface area contributed by atoms with E-state index in [1.54, 1.807) is 26.8 Å². The van der Waals surface area contributed by atoms with Gasteiger partial charge in [-0.25, -0.2) is 44.1 Å². The molecule has 1 atom stereocenters. The fourth-order valence-electron chi connectivity index (χ4n) is 4.26. The molecule has 41 heavy (non-hydrogen) atoms. The number of nitrogens with zero attached hydrogens (tertiary/aromatic N) is 2. The second kappa shape index (κ2) is 11.2. The van der Waals surface area contributed by atoms with E-state index in [1.807, 2.05) is 0 Å². The molecule has 14 heteroatoms. The molecule has 10 nitrogen and oxygen atoms in total. The van der Waals surface area contributed by atoms with Crippen molar-refractivity contribution in [3.63, 3.8) is 0 Å². The van der Waals surface area contributed by atoms with Gasteiger partial charge in [-0.1, -0.05) is 51.1 Å². The number of pyridine rings is 1. The Morgan fingerprint density at radius 1 is 0.976 bits per heavy atom. The monoisotopic (exact) mass is 606 g/mol. The van der Waals surface area contributed by atoms with E-state index in [9.17, 15) is 30.4 Å². The summed E-state index contributed by atoms with van der Waals surface area (Å²) in [6.07, 6.45) is -3.11. The fourth-order valence-corrected chi connectivity index (χ4v) is 6.80. The zero-order chi connectivity index (χ0) is 30.2. The van der Waals surface area contributed by atoms with Crippen molar-refractivity contribution < 1.29 is 35.5 Å². The lowest BCUT2D eigenvalue weighted by Gasteiger charge is -2.30. The van der Waals surface area contributed by atoms with Gasteiger partial charge in [0.05, 0.1) is 15.8 Å². The van der Waals surface area contributed by atoms with E-state index < -0.39 is 49.7 Å². The van der Waals surface area contributed by atoms with Crippen LogP contribution in [-0.2, 0) is 20.0 Å². The number of aromatic nitrogens is 2. The van der Waals surface area contributed by atoms with Gasteiger partial charge >= 0.3 is 6.09 Å². The van der Waals surface area contributed by atoms with Gasteiger partial charge in [0.2, 0.25) is 10.0 Å². The smallest absolute Gasteiger partial charge is 0.404 e. The number of benzene rings is 2. The molecule has 0 aliphatic rings. The molecule has 3 N–H and O–H groups in total. The Bertz CT molecular complexity index is 1790. The minimum absolute atomic E-state index is 0.105. The number of hydrogen-bond acceptors (Lipinski definition) is 6. The molecule has 0 saturated carbocycles. The van der Waals surface area contributed by atoms with E-state index in [0.29, 0.717) is 15.1 Å². The SMILES string of the molecule is CC(C)(C)C(CNS(=O)(=O)c1ccc(-c2ccnc3c2cc(C(F)F)n3S(=O)(=O)c2ccccc2)cc1)NC(=O)O. The van der Waals surface area contributed by atoms with Crippen molar-refractivity contribution >= 4 is 37.2 Å². The minimum atomic E-state index is -4.41. The van der Waals surface area contributed by atoms with Crippen molar-refractivity contribution in [3.8, 4) is 11.1 Å². The number of hydrogen-bond donors (Lipinski definition) is 3. The van der Waals surface area contributed by atoms with Crippen molar-refractivity contribution in [1.29, 1.82) is 0 Å². The molecule has 0 saturated heterocycles. The van der Waals surface area contributed by atoms with Crippen LogP contribution in [0.3, 0.4) is 0 Å². The van der Waals surface area contributed by atoms with Crippen LogP contribution in [0.5, 0.6) is 0 Å². The first-order valence-electron chi connectivity index (χ1n) is 12.3. The van der Waals surface area contributed by atoms with Crippen LogP contribution in [0.25, 0.3) is 22.2 Å². The third-order valence-electron chi connectivity index (χ3n) is 6.49. The summed E-state index contributed by atoms with van der Waals surface area (Å²) in [4.78, 5) is 14.9. The zero-order valence-electron chi connectivity index (χ0n) is 22.2. The van der Waals surface area contributed by atoms with Gasteiger partial charge in [-0.15, -0.1) is 0 Å². The molecule has 218 valence electrons. The summed E-state index contributed by atoms with van der Waals surface area (Å²) in [5, 5.41) is 11.5. The molecule has 0 spiro atoms. The summed E-state index contributed by atoms with van der Waals surface area (Å²) in [7, 11) is -8.44. The number of nitrogens with one attached hydrogen (secondary N) is 2. The molecule has 1 amide bonds. The molecule has 0 fully saturated rings. The van der Waals surface area contributed by atoms with E-state index in [-0.39, 0.29) is 27.4 Å².